The van der Waals surface area contributed by atoms with Gasteiger partial charge in [0, 0.05) is 30.8 Å². The highest BCUT2D eigenvalue weighted by molar-refractivity contribution is 5.95. The Labute approximate surface area is 175 Å². The number of Topliss-reactive ketones (excluding diaryl/α,β-unsaturated/α-hetero) is 1. The summed E-state index contributed by atoms with van der Waals surface area (Å²) in [5, 5.41) is 12.6. The topological polar surface area (TPSA) is 65.4 Å². The molecule has 30 heavy (non-hydrogen) atoms. The fourth-order valence-electron chi connectivity index (χ4n) is 3.93. The molecule has 7 heteroatoms. The van der Waals surface area contributed by atoms with E-state index in [9.17, 15) is 18.8 Å². The lowest BCUT2D eigenvalue weighted by molar-refractivity contribution is -0.0801. The summed E-state index contributed by atoms with van der Waals surface area (Å²) in [5.74, 6) is -1.37. The molecule has 3 rings (SSSR count). The van der Waals surface area contributed by atoms with Crippen LogP contribution >= 0.6 is 0 Å². The first-order valence-corrected chi connectivity index (χ1v) is 9.92. The zero-order valence-electron chi connectivity index (χ0n) is 17.3. The Morgan fingerprint density at radius 1 is 1.23 bits per heavy atom. The zero-order chi connectivity index (χ0) is 21.8. The molecular weight excluding hydrogens is 388 g/mol. The van der Waals surface area contributed by atoms with Crippen molar-refractivity contribution in [3.8, 4) is 6.07 Å². The number of rotatable bonds is 6. The summed E-state index contributed by atoms with van der Waals surface area (Å²) in [6, 6.07) is 10.1. The SMILES string of the molecule is CC(=O)c1ccc(C#N)c(NCC(c2c(F)cccc2F)N2CC(C)OC(C)C2)c1. The third kappa shape index (κ3) is 4.84. The Kier molecular flexibility index (Phi) is 6.80. The molecule has 1 aliphatic heterocycles. The Hall–Kier alpha value is -2.82. The van der Waals surface area contributed by atoms with E-state index in [1.807, 2.05) is 18.7 Å². The van der Waals surface area contributed by atoms with Crippen LogP contribution in [-0.4, -0.2) is 42.5 Å². The molecule has 2 aromatic carbocycles. The van der Waals surface area contributed by atoms with Crippen LogP contribution in [0, 0.1) is 23.0 Å². The van der Waals surface area contributed by atoms with Crippen LogP contribution in [0.5, 0.6) is 0 Å². The van der Waals surface area contributed by atoms with Gasteiger partial charge >= 0.3 is 0 Å². The number of anilines is 1. The number of hydrogen-bond donors (Lipinski definition) is 1. The van der Waals surface area contributed by atoms with Crippen molar-refractivity contribution in [2.75, 3.05) is 25.0 Å². The van der Waals surface area contributed by atoms with Gasteiger partial charge in [0.1, 0.15) is 17.7 Å². The number of carbonyl (C=O) groups is 1. The molecule has 1 heterocycles. The first-order chi connectivity index (χ1) is 14.3. The number of nitrogens with zero attached hydrogens (tertiary/aromatic N) is 2. The van der Waals surface area contributed by atoms with E-state index in [-0.39, 0.29) is 30.1 Å². The molecule has 0 radical (unpaired) electrons. The van der Waals surface area contributed by atoms with Gasteiger partial charge in [-0.2, -0.15) is 5.26 Å². The molecule has 0 saturated carbocycles. The minimum atomic E-state index is -0.619. The number of hydrogen-bond acceptors (Lipinski definition) is 5. The van der Waals surface area contributed by atoms with Crippen molar-refractivity contribution in [2.24, 2.45) is 0 Å². The van der Waals surface area contributed by atoms with Gasteiger partial charge in [-0.25, -0.2) is 8.78 Å². The summed E-state index contributed by atoms with van der Waals surface area (Å²) in [6.45, 7) is 6.49. The highest BCUT2D eigenvalue weighted by Crippen LogP contribution is 2.30. The lowest BCUT2D eigenvalue weighted by atomic mass is 10.0. The molecule has 0 aliphatic carbocycles. The number of morpholine rings is 1. The highest BCUT2D eigenvalue weighted by atomic mass is 19.1. The molecule has 1 N–H and O–H groups in total. The van der Waals surface area contributed by atoms with Crippen molar-refractivity contribution in [1.82, 2.24) is 4.90 Å². The maximum atomic E-state index is 14.7. The van der Waals surface area contributed by atoms with E-state index in [0.717, 1.165) is 0 Å². The van der Waals surface area contributed by atoms with Gasteiger partial charge in [-0.15, -0.1) is 0 Å². The smallest absolute Gasteiger partial charge is 0.159 e. The van der Waals surface area contributed by atoms with Gasteiger partial charge in [0.15, 0.2) is 5.78 Å². The summed E-state index contributed by atoms with van der Waals surface area (Å²) in [6.07, 6.45) is -0.163. The lowest BCUT2D eigenvalue weighted by Gasteiger charge is -2.40. The van der Waals surface area contributed by atoms with Gasteiger partial charge in [0.05, 0.1) is 29.5 Å². The average molecular weight is 413 g/mol. The first kappa shape index (κ1) is 21.9. The second-order valence-electron chi connectivity index (χ2n) is 7.67. The average Bonchev–Trinajstić information content (AvgIpc) is 2.69. The largest absolute Gasteiger partial charge is 0.382 e. The number of ether oxygens (including phenoxy) is 1. The van der Waals surface area contributed by atoms with Gasteiger partial charge in [0.2, 0.25) is 0 Å². The molecule has 3 atom stereocenters. The van der Waals surface area contributed by atoms with E-state index in [0.29, 0.717) is 29.9 Å². The van der Waals surface area contributed by atoms with Crippen molar-refractivity contribution in [3.05, 3.63) is 64.7 Å². The molecular formula is C23H25F2N3O2. The number of halogens is 2. The van der Waals surface area contributed by atoms with Crippen LogP contribution in [-0.2, 0) is 4.74 Å². The maximum Gasteiger partial charge on any atom is 0.159 e. The fraction of sp³-hybridized carbons (Fsp3) is 0.391. The summed E-state index contributed by atoms with van der Waals surface area (Å²) in [4.78, 5) is 13.7. The molecule has 158 valence electrons. The lowest BCUT2D eigenvalue weighted by Crippen LogP contribution is -2.48. The highest BCUT2D eigenvalue weighted by Gasteiger charge is 2.32. The van der Waals surface area contributed by atoms with E-state index >= 15 is 0 Å². The first-order valence-electron chi connectivity index (χ1n) is 9.92. The van der Waals surface area contributed by atoms with Crippen LogP contribution in [0.15, 0.2) is 36.4 Å². The van der Waals surface area contributed by atoms with Crippen LogP contribution in [0.4, 0.5) is 14.5 Å². The van der Waals surface area contributed by atoms with Gasteiger partial charge in [-0.1, -0.05) is 6.07 Å². The summed E-state index contributed by atoms with van der Waals surface area (Å²) in [7, 11) is 0. The Bertz CT molecular complexity index is 943. The van der Waals surface area contributed by atoms with Gasteiger partial charge < -0.3 is 10.1 Å². The number of carbonyl (C=O) groups excluding carboxylic acids is 1. The van der Waals surface area contributed by atoms with Crippen molar-refractivity contribution in [3.63, 3.8) is 0 Å². The quantitative estimate of drug-likeness (QED) is 0.716. The van der Waals surface area contributed by atoms with Crippen molar-refractivity contribution in [1.29, 1.82) is 5.26 Å². The Balaban J connectivity index is 1.95. The van der Waals surface area contributed by atoms with Gasteiger partial charge in [0.25, 0.3) is 0 Å². The molecule has 1 aliphatic rings. The Morgan fingerprint density at radius 3 is 2.43 bits per heavy atom. The van der Waals surface area contributed by atoms with E-state index < -0.39 is 17.7 Å². The predicted octanol–water partition coefficient (Wildman–Crippen LogP) is 4.30. The predicted molar refractivity (Wildman–Crippen MR) is 110 cm³/mol. The third-order valence-electron chi connectivity index (χ3n) is 5.25. The Morgan fingerprint density at radius 2 is 1.87 bits per heavy atom. The normalized spacial score (nSPS) is 20.4. The maximum absolute atomic E-state index is 14.7. The number of nitriles is 1. The van der Waals surface area contributed by atoms with Gasteiger partial charge in [-0.3, -0.25) is 9.69 Å². The zero-order valence-corrected chi connectivity index (χ0v) is 17.3. The van der Waals surface area contributed by atoms with E-state index in [1.165, 1.54) is 25.1 Å². The monoisotopic (exact) mass is 413 g/mol. The van der Waals surface area contributed by atoms with Crippen molar-refractivity contribution in [2.45, 2.75) is 39.0 Å². The summed E-state index contributed by atoms with van der Waals surface area (Å²) in [5.41, 5.74) is 1.25. The molecule has 1 fully saturated rings. The van der Waals surface area contributed by atoms with Crippen LogP contribution in [0.2, 0.25) is 0 Å². The molecule has 0 amide bonds. The standard InChI is InChI=1S/C23H25F2N3O2/c1-14-12-28(13-15(2)30-14)22(23-19(24)5-4-6-20(23)25)11-27-21-9-17(16(3)29)7-8-18(21)10-26/h4-9,14-15,22,27H,11-13H2,1-3H3. The second kappa shape index (κ2) is 9.33. The van der Waals surface area contributed by atoms with E-state index in [2.05, 4.69) is 11.4 Å². The second-order valence-corrected chi connectivity index (χ2v) is 7.67. The van der Waals surface area contributed by atoms with E-state index in [1.54, 1.807) is 18.2 Å². The molecule has 0 spiro atoms. The molecule has 0 bridgehead atoms. The fourth-order valence-corrected chi connectivity index (χ4v) is 3.93. The number of ketones is 1. The molecule has 2 aromatic rings. The third-order valence-corrected chi connectivity index (χ3v) is 5.25. The molecule has 0 aromatic heterocycles. The van der Waals surface area contributed by atoms with Crippen LogP contribution in [0.25, 0.3) is 0 Å². The van der Waals surface area contributed by atoms with Crippen molar-refractivity contribution >= 4 is 11.5 Å². The number of benzene rings is 2. The minimum absolute atomic E-state index is 0.0208. The number of nitrogens with one attached hydrogen (secondary N) is 1. The minimum Gasteiger partial charge on any atom is -0.382 e. The van der Waals surface area contributed by atoms with E-state index in [4.69, 9.17) is 4.74 Å². The molecule has 1 saturated heterocycles. The van der Waals surface area contributed by atoms with Crippen LogP contribution in [0.3, 0.4) is 0 Å². The molecule has 3 unspecified atom stereocenters. The summed E-state index contributed by atoms with van der Waals surface area (Å²) < 4.78 is 35.1. The van der Waals surface area contributed by atoms with Crippen LogP contribution < -0.4 is 5.32 Å². The van der Waals surface area contributed by atoms with Gasteiger partial charge in [-0.05, 0) is 51.1 Å². The van der Waals surface area contributed by atoms with Crippen LogP contribution in [0.1, 0.15) is 48.3 Å². The van der Waals surface area contributed by atoms with Crippen molar-refractivity contribution < 1.29 is 18.3 Å². The summed E-state index contributed by atoms with van der Waals surface area (Å²) >= 11 is 0. The molecule has 5 nitrogen and oxygen atoms in total.